The Morgan fingerprint density at radius 3 is 2.89 bits per heavy atom. The van der Waals surface area contributed by atoms with E-state index in [-0.39, 0.29) is 0 Å². The van der Waals surface area contributed by atoms with E-state index in [1.807, 2.05) is 26.4 Å². The molecule has 1 N–H and O–H groups in total. The number of hydrogen-bond donors (Lipinski definition) is 1. The van der Waals surface area contributed by atoms with E-state index in [1.54, 1.807) is 10.7 Å². The Morgan fingerprint density at radius 2 is 2.22 bits per heavy atom. The highest BCUT2D eigenvalue weighted by atomic mass is 35.5. The monoisotopic (exact) mass is 265 g/mol. The quantitative estimate of drug-likeness (QED) is 0.841. The third-order valence-corrected chi connectivity index (χ3v) is 2.73. The zero-order valence-corrected chi connectivity index (χ0v) is 11.3. The summed E-state index contributed by atoms with van der Waals surface area (Å²) in [4.78, 5) is 8.48. The number of hydrogen-bond acceptors (Lipinski definition) is 4. The van der Waals surface area contributed by atoms with E-state index in [1.165, 1.54) is 5.56 Å². The van der Waals surface area contributed by atoms with Gasteiger partial charge in [0.25, 0.3) is 0 Å². The fourth-order valence-corrected chi connectivity index (χ4v) is 1.85. The van der Waals surface area contributed by atoms with Crippen LogP contribution >= 0.6 is 11.6 Å². The summed E-state index contributed by atoms with van der Waals surface area (Å²) in [6, 6.07) is 1.74. The summed E-state index contributed by atoms with van der Waals surface area (Å²) in [6.07, 6.45) is 5.55. The van der Waals surface area contributed by atoms with Gasteiger partial charge in [-0.15, -0.1) is 0 Å². The van der Waals surface area contributed by atoms with Gasteiger partial charge < -0.3 is 5.32 Å². The maximum absolute atomic E-state index is 5.92. The van der Waals surface area contributed by atoms with E-state index in [9.17, 15) is 0 Å². The Kier molecular flexibility index (Phi) is 4.15. The average molecular weight is 266 g/mol. The van der Waals surface area contributed by atoms with Crippen LogP contribution < -0.4 is 5.32 Å². The van der Waals surface area contributed by atoms with Crippen LogP contribution in [0.25, 0.3) is 0 Å². The van der Waals surface area contributed by atoms with Crippen LogP contribution in [0.3, 0.4) is 0 Å². The van der Waals surface area contributed by atoms with E-state index in [0.717, 1.165) is 31.0 Å². The van der Waals surface area contributed by atoms with Crippen molar-refractivity contribution in [2.24, 2.45) is 7.05 Å². The normalized spacial score (nSPS) is 10.6. The van der Waals surface area contributed by atoms with Crippen molar-refractivity contribution in [3.05, 3.63) is 35.0 Å². The predicted molar refractivity (Wildman–Crippen MR) is 71.8 cm³/mol. The van der Waals surface area contributed by atoms with Crippen LogP contribution in [-0.4, -0.2) is 26.3 Å². The van der Waals surface area contributed by atoms with E-state index < -0.39 is 0 Å². The molecule has 0 saturated carbocycles. The summed E-state index contributed by atoms with van der Waals surface area (Å²) in [5.41, 5.74) is 1.20. The molecule has 0 aliphatic carbocycles. The molecule has 0 aromatic carbocycles. The van der Waals surface area contributed by atoms with Gasteiger partial charge in [-0.2, -0.15) is 5.10 Å². The summed E-state index contributed by atoms with van der Waals surface area (Å²) < 4.78 is 1.80. The van der Waals surface area contributed by atoms with Crippen LogP contribution in [0.2, 0.25) is 5.15 Å². The summed E-state index contributed by atoms with van der Waals surface area (Å²) in [6.45, 7) is 2.80. The predicted octanol–water partition coefficient (Wildman–Crippen LogP) is 2.08. The molecule has 2 aromatic heterocycles. The first kappa shape index (κ1) is 12.8. The molecule has 0 spiro atoms. The van der Waals surface area contributed by atoms with Crippen LogP contribution in [0.4, 0.5) is 5.82 Å². The molecule has 0 saturated heterocycles. The van der Waals surface area contributed by atoms with Gasteiger partial charge in [-0.25, -0.2) is 9.97 Å². The fraction of sp³-hybridized carbons (Fsp3) is 0.417. The number of nitrogens with zero attached hydrogens (tertiary/aromatic N) is 4. The molecular weight excluding hydrogens is 250 g/mol. The molecule has 0 aliphatic heterocycles. The molecule has 2 rings (SSSR count). The standard InChI is InChI=1S/C12H16ClN5/c1-3-11-16-10(13)6-12(17-11)14-5-4-9-7-15-18(2)8-9/h6-8H,3-5H2,1-2H3,(H,14,16,17). The second-order valence-corrected chi connectivity index (χ2v) is 4.43. The van der Waals surface area contributed by atoms with Crippen molar-refractivity contribution in [2.75, 3.05) is 11.9 Å². The molecule has 5 nitrogen and oxygen atoms in total. The molecule has 0 radical (unpaired) electrons. The van der Waals surface area contributed by atoms with Crippen molar-refractivity contribution in [1.82, 2.24) is 19.7 Å². The van der Waals surface area contributed by atoms with Crippen LogP contribution in [0.15, 0.2) is 18.5 Å². The SMILES string of the molecule is CCc1nc(Cl)cc(NCCc2cnn(C)c2)n1. The fourth-order valence-electron chi connectivity index (χ4n) is 1.65. The third kappa shape index (κ3) is 3.43. The highest BCUT2D eigenvalue weighted by Crippen LogP contribution is 2.12. The maximum atomic E-state index is 5.92. The Hall–Kier alpha value is -1.62. The van der Waals surface area contributed by atoms with Gasteiger partial charge in [0.05, 0.1) is 6.20 Å². The zero-order chi connectivity index (χ0) is 13.0. The van der Waals surface area contributed by atoms with Gasteiger partial charge in [0, 0.05) is 32.3 Å². The average Bonchev–Trinajstić information content (AvgIpc) is 2.74. The molecule has 6 heteroatoms. The van der Waals surface area contributed by atoms with Crippen LogP contribution in [0.1, 0.15) is 18.3 Å². The lowest BCUT2D eigenvalue weighted by Crippen LogP contribution is -2.07. The van der Waals surface area contributed by atoms with Gasteiger partial charge in [-0.05, 0) is 12.0 Å². The first-order chi connectivity index (χ1) is 8.67. The Balaban J connectivity index is 1.91. The molecule has 0 amide bonds. The number of anilines is 1. The van der Waals surface area contributed by atoms with Gasteiger partial charge in [-0.3, -0.25) is 4.68 Å². The number of nitrogens with one attached hydrogen (secondary N) is 1. The molecule has 0 bridgehead atoms. The number of rotatable bonds is 5. The zero-order valence-electron chi connectivity index (χ0n) is 10.5. The highest BCUT2D eigenvalue weighted by molar-refractivity contribution is 6.29. The van der Waals surface area contributed by atoms with Crippen molar-refractivity contribution in [3.63, 3.8) is 0 Å². The Morgan fingerprint density at radius 1 is 1.39 bits per heavy atom. The van der Waals surface area contributed by atoms with Crippen molar-refractivity contribution in [1.29, 1.82) is 0 Å². The van der Waals surface area contributed by atoms with Crippen LogP contribution in [0, 0.1) is 0 Å². The van der Waals surface area contributed by atoms with E-state index >= 15 is 0 Å². The molecule has 0 fully saturated rings. The summed E-state index contributed by atoms with van der Waals surface area (Å²) in [5, 5.41) is 7.85. The number of aromatic nitrogens is 4. The first-order valence-corrected chi connectivity index (χ1v) is 6.30. The molecule has 18 heavy (non-hydrogen) atoms. The van der Waals surface area contributed by atoms with E-state index in [0.29, 0.717) is 5.15 Å². The third-order valence-electron chi connectivity index (χ3n) is 2.54. The molecule has 2 aromatic rings. The minimum atomic E-state index is 0.478. The lowest BCUT2D eigenvalue weighted by Gasteiger charge is -2.06. The van der Waals surface area contributed by atoms with Gasteiger partial charge in [-0.1, -0.05) is 18.5 Å². The second kappa shape index (κ2) is 5.82. The number of halogens is 1. The van der Waals surface area contributed by atoms with Gasteiger partial charge in [0.15, 0.2) is 0 Å². The molecule has 0 aliphatic rings. The molecule has 0 unspecified atom stereocenters. The molecule has 2 heterocycles. The molecule has 96 valence electrons. The second-order valence-electron chi connectivity index (χ2n) is 4.04. The van der Waals surface area contributed by atoms with Crippen molar-refractivity contribution >= 4 is 17.4 Å². The lowest BCUT2D eigenvalue weighted by molar-refractivity contribution is 0.766. The minimum Gasteiger partial charge on any atom is -0.370 e. The van der Waals surface area contributed by atoms with Crippen molar-refractivity contribution in [3.8, 4) is 0 Å². The summed E-state index contributed by atoms with van der Waals surface area (Å²) in [5.74, 6) is 1.53. The van der Waals surface area contributed by atoms with Crippen molar-refractivity contribution < 1.29 is 0 Å². The maximum Gasteiger partial charge on any atom is 0.134 e. The van der Waals surface area contributed by atoms with E-state index in [4.69, 9.17) is 11.6 Å². The summed E-state index contributed by atoms with van der Waals surface area (Å²) >= 11 is 5.92. The molecule has 0 atom stereocenters. The lowest BCUT2D eigenvalue weighted by atomic mass is 10.2. The number of aryl methyl sites for hydroxylation is 2. The van der Waals surface area contributed by atoms with Crippen LogP contribution in [0.5, 0.6) is 0 Å². The van der Waals surface area contributed by atoms with Crippen LogP contribution in [-0.2, 0) is 19.9 Å². The van der Waals surface area contributed by atoms with E-state index in [2.05, 4.69) is 20.4 Å². The first-order valence-electron chi connectivity index (χ1n) is 5.92. The summed E-state index contributed by atoms with van der Waals surface area (Å²) in [7, 11) is 1.91. The van der Waals surface area contributed by atoms with Gasteiger partial charge in [0.2, 0.25) is 0 Å². The van der Waals surface area contributed by atoms with Gasteiger partial charge in [0.1, 0.15) is 16.8 Å². The smallest absolute Gasteiger partial charge is 0.134 e. The Labute approximate surface area is 111 Å². The highest BCUT2D eigenvalue weighted by Gasteiger charge is 2.02. The topological polar surface area (TPSA) is 55.6 Å². The minimum absolute atomic E-state index is 0.478. The van der Waals surface area contributed by atoms with Crippen molar-refractivity contribution in [2.45, 2.75) is 19.8 Å². The largest absolute Gasteiger partial charge is 0.370 e. The molecular formula is C12H16ClN5. The Bertz CT molecular complexity index is 523. The van der Waals surface area contributed by atoms with Gasteiger partial charge >= 0.3 is 0 Å².